The SMILES string of the molecule is O=C(Cc1[nH]c(=S)n2c1C[C@H](c1c(F)ccc(Br)c1F)C2)n1ccnc1. The van der Waals surface area contributed by atoms with Crippen LogP contribution in [0.3, 0.4) is 0 Å². The van der Waals surface area contributed by atoms with Gasteiger partial charge in [0.25, 0.3) is 0 Å². The van der Waals surface area contributed by atoms with Crippen molar-refractivity contribution in [1.82, 2.24) is 19.1 Å². The number of H-pyrrole nitrogens is 1. The van der Waals surface area contributed by atoms with Gasteiger partial charge in [0.1, 0.15) is 18.0 Å². The second kappa shape index (κ2) is 6.55. The highest BCUT2D eigenvalue weighted by atomic mass is 79.9. The number of imidazole rings is 2. The maximum absolute atomic E-state index is 14.4. The minimum atomic E-state index is -0.591. The average Bonchev–Trinajstić information content (AvgIpc) is 3.31. The molecule has 5 nitrogen and oxygen atoms in total. The van der Waals surface area contributed by atoms with E-state index >= 15 is 0 Å². The van der Waals surface area contributed by atoms with Gasteiger partial charge in [-0.2, -0.15) is 0 Å². The molecule has 1 aliphatic heterocycles. The highest BCUT2D eigenvalue weighted by Crippen LogP contribution is 2.36. The third-order valence-electron chi connectivity index (χ3n) is 4.63. The van der Waals surface area contributed by atoms with Crippen LogP contribution < -0.4 is 0 Å². The molecular weight excluding hydrogens is 426 g/mol. The molecule has 0 unspecified atom stereocenters. The van der Waals surface area contributed by atoms with Crippen LogP contribution in [0.15, 0.2) is 35.3 Å². The third kappa shape index (κ3) is 2.84. The Hall–Kier alpha value is -2.13. The van der Waals surface area contributed by atoms with E-state index in [-0.39, 0.29) is 28.3 Å². The van der Waals surface area contributed by atoms with Crippen LogP contribution in [0.5, 0.6) is 0 Å². The first-order valence-electron chi connectivity index (χ1n) is 7.90. The number of carbonyl (C=O) groups is 1. The van der Waals surface area contributed by atoms with Gasteiger partial charge in [0, 0.05) is 41.8 Å². The van der Waals surface area contributed by atoms with Crippen LogP contribution in [0, 0.1) is 16.4 Å². The van der Waals surface area contributed by atoms with Gasteiger partial charge in [0.15, 0.2) is 4.77 Å². The monoisotopic (exact) mass is 438 g/mol. The Morgan fingerprint density at radius 1 is 1.42 bits per heavy atom. The molecule has 0 radical (unpaired) electrons. The maximum atomic E-state index is 14.4. The summed E-state index contributed by atoms with van der Waals surface area (Å²) in [6, 6.07) is 2.60. The average molecular weight is 439 g/mol. The molecule has 1 atom stereocenters. The van der Waals surface area contributed by atoms with Crippen molar-refractivity contribution in [3.05, 3.63) is 68.7 Å². The van der Waals surface area contributed by atoms with Crippen molar-refractivity contribution < 1.29 is 13.6 Å². The topological polar surface area (TPSA) is 55.6 Å². The van der Waals surface area contributed by atoms with E-state index in [0.29, 0.717) is 23.4 Å². The van der Waals surface area contributed by atoms with E-state index in [1.54, 1.807) is 6.20 Å². The predicted molar refractivity (Wildman–Crippen MR) is 96.7 cm³/mol. The number of fused-ring (bicyclic) bond motifs is 1. The van der Waals surface area contributed by atoms with Gasteiger partial charge >= 0.3 is 0 Å². The molecule has 1 N–H and O–H groups in total. The predicted octanol–water partition coefficient (Wildman–Crippen LogP) is 4.01. The quantitative estimate of drug-likeness (QED) is 0.496. The van der Waals surface area contributed by atoms with Crippen molar-refractivity contribution in [2.24, 2.45) is 0 Å². The Morgan fingerprint density at radius 2 is 2.23 bits per heavy atom. The normalized spacial score (nSPS) is 16.0. The summed E-state index contributed by atoms with van der Waals surface area (Å²) in [4.78, 5) is 19.2. The molecule has 3 aromatic rings. The van der Waals surface area contributed by atoms with Gasteiger partial charge in [-0.3, -0.25) is 9.36 Å². The molecule has 0 fully saturated rings. The molecule has 2 aromatic heterocycles. The summed E-state index contributed by atoms with van der Waals surface area (Å²) < 4.78 is 32.6. The molecule has 1 aliphatic rings. The lowest BCUT2D eigenvalue weighted by Gasteiger charge is -2.13. The van der Waals surface area contributed by atoms with Crippen LogP contribution in [0.25, 0.3) is 0 Å². The molecule has 3 heterocycles. The highest BCUT2D eigenvalue weighted by molar-refractivity contribution is 9.10. The largest absolute Gasteiger partial charge is 0.334 e. The van der Waals surface area contributed by atoms with Crippen LogP contribution >= 0.6 is 28.1 Å². The molecule has 0 bridgehead atoms. The lowest BCUT2D eigenvalue weighted by molar-refractivity contribution is 0.0912. The summed E-state index contributed by atoms with van der Waals surface area (Å²) in [5, 5.41) is 0. The molecule has 9 heteroatoms. The number of hydrogen-bond acceptors (Lipinski definition) is 3. The Labute approximate surface area is 160 Å². The summed E-state index contributed by atoms with van der Waals surface area (Å²) in [7, 11) is 0. The number of benzene rings is 1. The molecule has 4 rings (SSSR count). The molecule has 0 saturated carbocycles. The number of aromatic amines is 1. The Balaban J connectivity index is 1.65. The number of nitrogens with zero attached hydrogens (tertiary/aromatic N) is 3. The Kier molecular flexibility index (Phi) is 4.36. The van der Waals surface area contributed by atoms with Gasteiger partial charge in [-0.15, -0.1) is 0 Å². The molecule has 0 saturated heterocycles. The van der Waals surface area contributed by atoms with E-state index < -0.39 is 11.6 Å². The molecule has 1 aromatic carbocycles. The standard InChI is InChI=1S/C17H13BrF2N4OS/c18-10-1-2-11(19)15(16(10)20)9-5-13-12(22-17(26)24(13)7-9)6-14(25)23-4-3-21-8-23/h1-4,8-9H,5-7H2,(H,22,26)/t9-/m0/s1. The second-order valence-corrected chi connectivity index (χ2v) is 7.41. The summed E-state index contributed by atoms with van der Waals surface area (Å²) in [6.45, 7) is 0.369. The fraction of sp³-hybridized carbons (Fsp3) is 0.235. The number of hydrogen-bond donors (Lipinski definition) is 1. The van der Waals surface area contributed by atoms with Crippen LogP contribution in [0.4, 0.5) is 8.78 Å². The molecule has 0 spiro atoms. The number of nitrogens with one attached hydrogen (secondary N) is 1. The smallest absolute Gasteiger partial charge is 0.237 e. The zero-order valence-corrected chi connectivity index (χ0v) is 15.8. The Morgan fingerprint density at radius 3 is 2.96 bits per heavy atom. The summed E-state index contributed by atoms with van der Waals surface area (Å²) in [6.07, 6.45) is 5.05. The van der Waals surface area contributed by atoms with Gasteiger partial charge in [0.2, 0.25) is 5.91 Å². The first-order valence-corrected chi connectivity index (χ1v) is 9.11. The number of aromatic nitrogens is 4. The first kappa shape index (κ1) is 17.3. The summed E-state index contributed by atoms with van der Waals surface area (Å²) in [5.74, 6) is -1.70. The molecule has 26 heavy (non-hydrogen) atoms. The zero-order valence-electron chi connectivity index (χ0n) is 13.4. The van der Waals surface area contributed by atoms with Gasteiger partial charge in [-0.1, -0.05) is 0 Å². The second-order valence-electron chi connectivity index (χ2n) is 6.16. The van der Waals surface area contributed by atoms with E-state index in [1.807, 2.05) is 4.57 Å². The van der Waals surface area contributed by atoms with Crippen molar-refractivity contribution in [2.45, 2.75) is 25.3 Å². The highest BCUT2D eigenvalue weighted by Gasteiger charge is 2.31. The number of carbonyl (C=O) groups excluding carboxylic acids is 1. The van der Waals surface area contributed by atoms with Crippen molar-refractivity contribution in [1.29, 1.82) is 0 Å². The minimum absolute atomic E-state index is 0.0457. The van der Waals surface area contributed by atoms with Crippen molar-refractivity contribution in [3.63, 3.8) is 0 Å². The summed E-state index contributed by atoms with van der Waals surface area (Å²) in [5.41, 5.74) is 1.53. The van der Waals surface area contributed by atoms with Crippen molar-refractivity contribution in [2.75, 3.05) is 0 Å². The van der Waals surface area contributed by atoms with E-state index in [9.17, 15) is 13.6 Å². The Bertz CT molecular complexity index is 1060. The number of halogens is 3. The van der Waals surface area contributed by atoms with E-state index in [2.05, 4.69) is 25.9 Å². The van der Waals surface area contributed by atoms with Gasteiger partial charge in [-0.05, 0) is 46.7 Å². The van der Waals surface area contributed by atoms with Crippen molar-refractivity contribution in [3.8, 4) is 0 Å². The van der Waals surface area contributed by atoms with Crippen LogP contribution in [0.1, 0.15) is 27.7 Å². The molecule has 0 aliphatic carbocycles. The zero-order chi connectivity index (χ0) is 18.4. The fourth-order valence-electron chi connectivity index (χ4n) is 3.40. The number of rotatable bonds is 3. The summed E-state index contributed by atoms with van der Waals surface area (Å²) >= 11 is 8.44. The lowest BCUT2D eigenvalue weighted by atomic mass is 9.95. The first-order chi connectivity index (χ1) is 12.5. The lowest BCUT2D eigenvalue weighted by Crippen LogP contribution is -2.13. The van der Waals surface area contributed by atoms with E-state index in [0.717, 1.165) is 5.69 Å². The molecule has 0 amide bonds. The van der Waals surface area contributed by atoms with Gasteiger partial charge < -0.3 is 9.55 Å². The minimum Gasteiger partial charge on any atom is -0.334 e. The van der Waals surface area contributed by atoms with Gasteiger partial charge in [0.05, 0.1) is 10.9 Å². The van der Waals surface area contributed by atoms with Crippen LogP contribution in [-0.2, 0) is 19.4 Å². The fourth-order valence-corrected chi connectivity index (χ4v) is 4.06. The van der Waals surface area contributed by atoms with E-state index in [4.69, 9.17) is 12.2 Å². The van der Waals surface area contributed by atoms with Crippen LogP contribution in [0.2, 0.25) is 0 Å². The van der Waals surface area contributed by atoms with Gasteiger partial charge in [-0.25, -0.2) is 13.8 Å². The maximum Gasteiger partial charge on any atom is 0.237 e. The van der Waals surface area contributed by atoms with Crippen LogP contribution in [-0.4, -0.2) is 25.0 Å². The third-order valence-corrected chi connectivity index (χ3v) is 5.56. The molecular formula is C17H13BrF2N4OS. The van der Waals surface area contributed by atoms with E-state index in [1.165, 1.54) is 29.2 Å². The van der Waals surface area contributed by atoms with Crippen molar-refractivity contribution >= 4 is 34.1 Å². The molecule has 134 valence electrons.